The molecule has 0 aliphatic carbocycles. The molecule has 2 heterocycles. The minimum absolute atomic E-state index is 0.221. The summed E-state index contributed by atoms with van der Waals surface area (Å²) in [4.78, 5) is 43.6. The number of thiazole rings is 1. The van der Waals surface area contributed by atoms with Crippen molar-refractivity contribution >= 4 is 29.4 Å². The first-order valence-electron chi connectivity index (χ1n) is 14.8. The molecule has 0 spiro atoms. The first kappa shape index (κ1) is 32.2. The number of hydrogen-bond acceptors (Lipinski definition) is 10. The molecule has 0 fully saturated rings. The number of fused-ring (bicyclic) bond motifs is 1. The van der Waals surface area contributed by atoms with Gasteiger partial charge < -0.3 is 23.7 Å². The van der Waals surface area contributed by atoms with Crippen LogP contribution in [0.5, 0.6) is 17.2 Å². The second kappa shape index (κ2) is 14.7. The molecule has 1 aliphatic rings. The van der Waals surface area contributed by atoms with Gasteiger partial charge in [-0.2, -0.15) is 0 Å². The molecule has 4 aromatic rings. The van der Waals surface area contributed by atoms with E-state index >= 15 is 0 Å². The fraction of sp³-hybridized carbons (Fsp3) is 0.257. The molecule has 5 rings (SSSR count). The Hall–Kier alpha value is -5.16. The van der Waals surface area contributed by atoms with Crippen molar-refractivity contribution in [2.75, 3.05) is 26.9 Å². The zero-order valence-electron chi connectivity index (χ0n) is 26.0. The monoisotopic (exact) mass is 642 g/mol. The summed E-state index contributed by atoms with van der Waals surface area (Å²) in [6.07, 6.45) is 3.23. The van der Waals surface area contributed by atoms with Gasteiger partial charge in [-0.15, -0.1) is 0 Å². The normalized spacial score (nSPS) is 14.0. The summed E-state index contributed by atoms with van der Waals surface area (Å²) in [6.45, 7) is 6.99. The van der Waals surface area contributed by atoms with Gasteiger partial charge in [0, 0.05) is 6.20 Å². The van der Waals surface area contributed by atoms with Crippen molar-refractivity contribution in [1.82, 2.24) is 4.57 Å². The molecule has 0 bridgehead atoms. The lowest BCUT2D eigenvalue weighted by atomic mass is 9.97. The van der Waals surface area contributed by atoms with Crippen molar-refractivity contribution in [2.24, 2.45) is 4.99 Å². The van der Waals surface area contributed by atoms with Crippen LogP contribution >= 0.6 is 11.3 Å². The number of nitrogens with zero attached hydrogens (tertiary/aromatic N) is 2. The molecule has 1 aliphatic heterocycles. The molecule has 3 aromatic carbocycles. The predicted molar refractivity (Wildman–Crippen MR) is 173 cm³/mol. The van der Waals surface area contributed by atoms with E-state index in [4.69, 9.17) is 23.7 Å². The van der Waals surface area contributed by atoms with Crippen LogP contribution in [0.3, 0.4) is 0 Å². The Morgan fingerprint density at radius 1 is 0.891 bits per heavy atom. The number of ether oxygens (including phenoxy) is 5. The molecule has 1 aromatic heterocycles. The molecule has 0 amide bonds. The maximum absolute atomic E-state index is 13.9. The topological polar surface area (TPSA) is 115 Å². The minimum Gasteiger partial charge on any atom is -0.490 e. The Labute approximate surface area is 269 Å². The van der Waals surface area contributed by atoms with Crippen molar-refractivity contribution in [1.29, 1.82) is 0 Å². The molecule has 238 valence electrons. The Kier molecular flexibility index (Phi) is 10.3. The third kappa shape index (κ3) is 7.05. The molecule has 0 N–H and O–H groups in total. The van der Waals surface area contributed by atoms with Crippen LogP contribution < -0.4 is 29.1 Å². The highest BCUT2D eigenvalue weighted by molar-refractivity contribution is 7.07. The molecule has 0 unspecified atom stereocenters. The molecular formula is C35H34N2O8S. The van der Waals surface area contributed by atoms with Gasteiger partial charge >= 0.3 is 11.9 Å². The van der Waals surface area contributed by atoms with Gasteiger partial charge in [-0.25, -0.2) is 14.6 Å². The summed E-state index contributed by atoms with van der Waals surface area (Å²) in [6, 6.07) is 19.0. The predicted octanol–water partition coefficient (Wildman–Crippen LogP) is 4.57. The fourth-order valence-corrected chi connectivity index (χ4v) is 5.92. The van der Waals surface area contributed by atoms with Crippen LogP contribution in [0.25, 0.3) is 6.08 Å². The van der Waals surface area contributed by atoms with Crippen molar-refractivity contribution in [3.05, 3.63) is 120 Å². The van der Waals surface area contributed by atoms with E-state index in [0.29, 0.717) is 57.5 Å². The van der Waals surface area contributed by atoms with Crippen molar-refractivity contribution in [3.8, 4) is 17.2 Å². The number of hydrogen-bond donors (Lipinski definition) is 0. The molecule has 11 heteroatoms. The lowest BCUT2D eigenvalue weighted by molar-refractivity contribution is -0.136. The molecular weight excluding hydrogens is 608 g/mol. The van der Waals surface area contributed by atoms with Crippen molar-refractivity contribution in [2.45, 2.75) is 33.4 Å². The average molecular weight is 643 g/mol. The first-order chi connectivity index (χ1) is 22.4. The highest BCUT2D eigenvalue weighted by atomic mass is 32.1. The number of benzene rings is 3. The maximum Gasteiger partial charge on any atom is 0.338 e. The molecule has 1 atom stereocenters. The van der Waals surface area contributed by atoms with Crippen LogP contribution in [0.2, 0.25) is 0 Å². The van der Waals surface area contributed by atoms with E-state index in [1.54, 1.807) is 37.3 Å². The van der Waals surface area contributed by atoms with Crippen LogP contribution in [0, 0.1) is 0 Å². The number of methoxy groups -OCH3 is 1. The average Bonchev–Trinajstić information content (AvgIpc) is 3.39. The van der Waals surface area contributed by atoms with E-state index in [2.05, 4.69) is 4.99 Å². The quantitative estimate of drug-likeness (QED) is 0.207. The lowest BCUT2D eigenvalue weighted by Crippen LogP contribution is -2.39. The van der Waals surface area contributed by atoms with Crippen LogP contribution in [0.1, 0.15) is 53.9 Å². The standard InChI is InChI=1S/C35H34N2O8S/c1-5-42-28-16-15-25(19-29(28)43-6-2)31-27(34(40)41-4)20-36-35-37(31)32(38)30(46-35)18-23-9-8-10-26(17-23)45-21-22-11-13-24(14-12-22)33(39)44-7-3/h8-20,31H,5-7,21H2,1-4H3/b30-18+/t31-/m0/s1. The third-order valence-corrected chi connectivity index (χ3v) is 8.03. The van der Waals surface area contributed by atoms with Gasteiger partial charge in [-0.3, -0.25) is 9.36 Å². The van der Waals surface area contributed by atoms with Gasteiger partial charge in [0.15, 0.2) is 16.3 Å². The zero-order chi connectivity index (χ0) is 32.6. The summed E-state index contributed by atoms with van der Waals surface area (Å²) in [5.74, 6) is 0.738. The number of aromatic nitrogens is 1. The van der Waals surface area contributed by atoms with Gasteiger partial charge in [0.2, 0.25) is 0 Å². The van der Waals surface area contributed by atoms with Crippen molar-refractivity contribution in [3.63, 3.8) is 0 Å². The number of carbonyl (C=O) groups is 2. The van der Waals surface area contributed by atoms with E-state index in [9.17, 15) is 14.4 Å². The van der Waals surface area contributed by atoms with Gasteiger partial charge in [0.1, 0.15) is 12.4 Å². The largest absolute Gasteiger partial charge is 0.490 e. The van der Waals surface area contributed by atoms with Crippen LogP contribution in [-0.4, -0.2) is 43.4 Å². The SMILES string of the molecule is CCOC(=O)c1ccc(COc2cccc(/C=c3/sc4n(c3=O)[C@@H](c3ccc(OCC)c(OCC)c3)C(C(=O)OC)=CN=4)c2)cc1. The fourth-order valence-electron chi connectivity index (χ4n) is 4.95. The molecule has 46 heavy (non-hydrogen) atoms. The molecule has 0 radical (unpaired) electrons. The summed E-state index contributed by atoms with van der Waals surface area (Å²) in [5.41, 5.74) is 2.68. The second-order valence-electron chi connectivity index (χ2n) is 10.0. The smallest absolute Gasteiger partial charge is 0.338 e. The number of rotatable bonds is 12. The number of carbonyl (C=O) groups excluding carboxylic acids is 2. The molecule has 0 saturated heterocycles. The van der Waals surface area contributed by atoms with Gasteiger partial charge in [0.25, 0.3) is 5.56 Å². The molecule has 0 saturated carbocycles. The summed E-state index contributed by atoms with van der Waals surface area (Å²) in [7, 11) is 1.29. The Bertz CT molecular complexity index is 1940. The van der Waals surface area contributed by atoms with E-state index in [-0.39, 0.29) is 23.7 Å². The Balaban J connectivity index is 1.45. The Morgan fingerprint density at radius 3 is 2.37 bits per heavy atom. The molecule has 10 nitrogen and oxygen atoms in total. The van der Waals surface area contributed by atoms with E-state index < -0.39 is 12.0 Å². The minimum atomic E-state index is -0.786. The Morgan fingerprint density at radius 2 is 1.65 bits per heavy atom. The summed E-state index contributed by atoms with van der Waals surface area (Å²) in [5, 5.41) is 0. The van der Waals surface area contributed by atoms with Gasteiger partial charge in [-0.05, 0) is 79.9 Å². The van der Waals surface area contributed by atoms with Crippen LogP contribution in [0.4, 0.5) is 0 Å². The van der Waals surface area contributed by atoms with E-state index in [0.717, 1.165) is 11.1 Å². The third-order valence-electron chi connectivity index (χ3n) is 7.03. The van der Waals surface area contributed by atoms with Gasteiger partial charge in [0.05, 0.1) is 48.6 Å². The highest BCUT2D eigenvalue weighted by Crippen LogP contribution is 2.35. The van der Waals surface area contributed by atoms with Gasteiger partial charge in [-0.1, -0.05) is 41.7 Å². The maximum atomic E-state index is 13.9. The number of esters is 2. The summed E-state index contributed by atoms with van der Waals surface area (Å²) >= 11 is 1.22. The first-order valence-corrected chi connectivity index (χ1v) is 15.7. The van der Waals surface area contributed by atoms with Crippen molar-refractivity contribution < 1.29 is 33.3 Å². The van der Waals surface area contributed by atoms with E-state index in [1.165, 1.54) is 29.2 Å². The van der Waals surface area contributed by atoms with E-state index in [1.807, 2.05) is 56.3 Å². The zero-order valence-corrected chi connectivity index (χ0v) is 26.8. The van der Waals surface area contributed by atoms with Crippen LogP contribution in [0.15, 0.2) is 88.3 Å². The van der Waals surface area contributed by atoms with Crippen LogP contribution in [-0.2, 0) is 20.9 Å². The highest BCUT2D eigenvalue weighted by Gasteiger charge is 2.31. The summed E-state index contributed by atoms with van der Waals surface area (Å²) < 4.78 is 29.6. The lowest BCUT2D eigenvalue weighted by Gasteiger charge is -2.23. The second-order valence-corrected chi connectivity index (χ2v) is 11.0.